The van der Waals surface area contributed by atoms with Crippen LogP contribution >= 0.6 is 11.8 Å². The molecule has 3 unspecified atom stereocenters. The molecular weight excluding hydrogens is 244 g/mol. The summed E-state index contributed by atoms with van der Waals surface area (Å²) >= 11 is 1.99. The lowest BCUT2D eigenvalue weighted by Gasteiger charge is -2.30. The quantitative estimate of drug-likeness (QED) is 0.709. The maximum Gasteiger partial charge on any atom is 0.0791 e. The van der Waals surface area contributed by atoms with Crippen molar-refractivity contribution >= 4 is 11.8 Å². The topological polar surface area (TPSA) is 35.5 Å². The molecule has 108 valence electrons. The van der Waals surface area contributed by atoms with Crippen LogP contribution < -0.4 is 5.32 Å². The lowest BCUT2D eigenvalue weighted by Crippen LogP contribution is -2.43. The van der Waals surface area contributed by atoms with Crippen LogP contribution in [0.15, 0.2) is 0 Å². The van der Waals surface area contributed by atoms with Gasteiger partial charge in [0.15, 0.2) is 0 Å². The molecule has 1 fully saturated rings. The summed E-state index contributed by atoms with van der Waals surface area (Å²) in [5.74, 6) is 0. The number of likely N-dealkylation sites (N-methyl/N-ethyl adjacent to an activating group) is 1. The highest BCUT2D eigenvalue weighted by Crippen LogP contribution is 2.26. The van der Waals surface area contributed by atoms with Gasteiger partial charge in [0.2, 0.25) is 0 Å². The van der Waals surface area contributed by atoms with E-state index in [-0.39, 0.29) is 6.10 Å². The maximum absolute atomic E-state index is 10.0. The Kier molecular flexibility index (Phi) is 8.31. The van der Waals surface area contributed by atoms with Gasteiger partial charge in [-0.1, -0.05) is 20.3 Å². The SMILES string of the molecule is CCN(CC)CC(O)CNC1CCCC(SC)C1. The first-order valence-electron chi connectivity index (χ1n) is 7.36. The van der Waals surface area contributed by atoms with Crippen LogP contribution in [-0.2, 0) is 0 Å². The van der Waals surface area contributed by atoms with E-state index in [2.05, 4.69) is 30.3 Å². The Hall–Kier alpha value is 0.230. The largest absolute Gasteiger partial charge is 0.390 e. The lowest BCUT2D eigenvalue weighted by atomic mass is 9.95. The van der Waals surface area contributed by atoms with Crippen LogP contribution in [0.3, 0.4) is 0 Å². The van der Waals surface area contributed by atoms with Crippen molar-refractivity contribution < 1.29 is 5.11 Å². The second kappa shape index (κ2) is 9.18. The van der Waals surface area contributed by atoms with Gasteiger partial charge < -0.3 is 15.3 Å². The molecule has 4 heteroatoms. The van der Waals surface area contributed by atoms with E-state index in [4.69, 9.17) is 0 Å². The van der Waals surface area contributed by atoms with Crippen molar-refractivity contribution in [1.82, 2.24) is 10.2 Å². The van der Waals surface area contributed by atoms with Crippen molar-refractivity contribution in [2.24, 2.45) is 0 Å². The van der Waals surface area contributed by atoms with Crippen molar-refractivity contribution in [3.63, 3.8) is 0 Å². The van der Waals surface area contributed by atoms with Crippen LogP contribution in [-0.4, -0.2) is 59.8 Å². The van der Waals surface area contributed by atoms with Gasteiger partial charge in [-0.15, -0.1) is 0 Å². The lowest BCUT2D eigenvalue weighted by molar-refractivity contribution is 0.112. The van der Waals surface area contributed by atoms with E-state index in [0.717, 1.165) is 31.4 Å². The maximum atomic E-state index is 10.0. The number of thioether (sulfide) groups is 1. The van der Waals surface area contributed by atoms with E-state index in [1.807, 2.05) is 11.8 Å². The standard InChI is InChI=1S/C14H30N2OS/c1-4-16(5-2)11-13(17)10-15-12-7-6-8-14(9-12)18-3/h12-15,17H,4-11H2,1-3H3. The number of hydrogen-bond acceptors (Lipinski definition) is 4. The molecule has 0 heterocycles. The minimum Gasteiger partial charge on any atom is -0.390 e. The molecule has 0 aromatic rings. The fraction of sp³-hybridized carbons (Fsp3) is 1.00. The molecule has 18 heavy (non-hydrogen) atoms. The van der Waals surface area contributed by atoms with E-state index in [1.54, 1.807) is 0 Å². The predicted octanol–water partition coefficient (Wildman–Crippen LogP) is 1.95. The second-order valence-electron chi connectivity index (χ2n) is 5.27. The summed E-state index contributed by atoms with van der Waals surface area (Å²) in [6, 6.07) is 0.613. The molecule has 1 aliphatic rings. The van der Waals surface area contributed by atoms with Crippen LogP contribution in [0.25, 0.3) is 0 Å². The zero-order chi connectivity index (χ0) is 13.4. The summed E-state index contributed by atoms with van der Waals surface area (Å²) in [5.41, 5.74) is 0. The Morgan fingerprint density at radius 1 is 1.33 bits per heavy atom. The Morgan fingerprint density at radius 2 is 2.06 bits per heavy atom. The minimum atomic E-state index is -0.237. The van der Waals surface area contributed by atoms with Gasteiger partial charge in [0.1, 0.15) is 0 Å². The first kappa shape index (κ1) is 16.3. The molecule has 1 saturated carbocycles. The van der Waals surface area contributed by atoms with E-state index in [1.165, 1.54) is 25.7 Å². The van der Waals surface area contributed by atoms with E-state index in [0.29, 0.717) is 6.04 Å². The Morgan fingerprint density at radius 3 is 2.67 bits per heavy atom. The van der Waals surface area contributed by atoms with Crippen LogP contribution in [0.2, 0.25) is 0 Å². The zero-order valence-electron chi connectivity index (χ0n) is 12.2. The smallest absolute Gasteiger partial charge is 0.0791 e. The predicted molar refractivity (Wildman–Crippen MR) is 81.4 cm³/mol. The van der Waals surface area contributed by atoms with Crippen molar-refractivity contribution in [2.45, 2.75) is 56.9 Å². The fourth-order valence-corrected chi connectivity index (χ4v) is 3.52. The fourth-order valence-electron chi connectivity index (χ4n) is 2.69. The zero-order valence-corrected chi connectivity index (χ0v) is 13.0. The number of aliphatic hydroxyl groups excluding tert-OH is 1. The normalized spacial score (nSPS) is 26.5. The molecule has 0 aliphatic heterocycles. The van der Waals surface area contributed by atoms with Gasteiger partial charge in [0.05, 0.1) is 6.10 Å². The van der Waals surface area contributed by atoms with Crippen molar-refractivity contribution in [3.05, 3.63) is 0 Å². The second-order valence-corrected chi connectivity index (χ2v) is 6.41. The number of rotatable bonds is 8. The van der Waals surface area contributed by atoms with Crippen LogP contribution in [0.4, 0.5) is 0 Å². The van der Waals surface area contributed by atoms with Gasteiger partial charge in [-0.25, -0.2) is 0 Å². The summed E-state index contributed by atoms with van der Waals surface area (Å²) in [5, 5.41) is 14.4. The van der Waals surface area contributed by atoms with Gasteiger partial charge in [-0.2, -0.15) is 11.8 Å². The molecule has 0 spiro atoms. The van der Waals surface area contributed by atoms with E-state index < -0.39 is 0 Å². The summed E-state index contributed by atoms with van der Waals surface area (Å²) in [7, 11) is 0. The molecular formula is C14H30N2OS. The summed E-state index contributed by atoms with van der Waals surface area (Å²) in [4.78, 5) is 2.28. The number of nitrogens with one attached hydrogen (secondary N) is 1. The molecule has 0 saturated heterocycles. The number of aliphatic hydroxyl groups is 1. The molecule has 0 aromatic heterocycles. The van der Waals surface area contributed by atoms with Crippen LogP contribution in [0.1, 0.15) is 39.5 Å². The van der Waals surface area contributed by atoms with Gasteiger partial charge >= 0.3 is 0 Å². The van der Waals surface area contributed by atoms with E-state index in [9.17, 15) is 5.11 Å². The van der Waals surface area contributed by atoms with Crippen molar-refractivity contribution in [2.75, 3.05) is 32.4 Å². The third-order valence-electron chi connectivity index (χ3n) is 3.96. The van der Waals surface area contributed by atoms with Gasteiger partial charge in [0.25, 0.3) is 0 Å². The Balaban J connectivity index is 2.19. The van der Waals surface area contributed by atoms with Gasteiger partial charge in [-0.3, -0.25) is 0 Å². The molecule has 1 rings (SSSR count). The first-order chi connectivity index (χ1) is 8.69. The highest BCUT2D eigenvalue weighted by atomic mass is 32.2. The molecule has 0 aromatic carbocycles. The molecule has 0 bridgehead atoms. The average molecular weight is 274 g/mol. The molecule has 3 atom stereocenters. The van der Waals surface area contributed by atoms with E-state index >= 15 is 0 Å². The summed E-state index contributed by atoms with van der Waals surface area (Å²) < 4.78 is 0. The van der Waals surface area contributed by atoms with Gasteiger partial charge in [-0.05, 0) is 38.6 Å². The third kappa shape index (κ3) is 5.91. The summed E-state index contributed by atoms with van der Waals surface area (Å²) in [6.07, 6.45) is 7.20. The monoisotopic (exact) mass is 274 g/mol. The van der Waals surface area contributed by atoms with Crippen LogP contribution in [0.5, 0.6) is 0 Å². The van der Waals surface area contributed by atoms with Crippen molar-refractivity contribution in [3.8, 4) is 0 Å². The third-order valence-corrected chi connectivity index (χ3v) is 5.06. The molecule has 0 amide bonds. The number of nitrogens with zero attached hydrogens (tertiary/aromatic N) is 1. The molecule has 1 aliphatic carbocycles. The average Bonchev–Trinajstić information content (AvgIpc) is 2.42. The highest BCUT2D eigenvalue weighted by molar-refractivity contribution is 7.99. The van der Waals surface area contributed by atoms with Crippen LogP contribution in [0, 0.1) is 0 Å². The minimum absolute atomic E-state index is 0.237. The molecule has 2 N–H and O–H groups in total. The summed E-state index contributed by atoms with van der Waals surface area (Å²) in [6.45, 7) is 7.86. The number of hydrogen-bond donors (Lipinski definition) is 2. The Bertz CT molecular complexity index is 212. The Labute approximate surface area is 117 Å². The first-order valence-corrected chi connectivity index (χ1v) is 8.64. The van der Waals surface area contributed by atoms with Gasteiger partial charge in [0, 0.05) is 24.4 Å². The highest BCUT2D eigenvalue weighted by Gasteiger charge is 2.21. The molecule has 3 nitrogen and oxygen atoms in total. The molecule has 0 radical (unpaired) electrons. The van der Waals surface area contributed by atoms with Crippen molar-refractivity contribution in [1.29, 1.82) is 0 Å².